The molecule has 0 fully saturated rings. The minimum atomic E-state index is 0.474. The van der Waals surface area contributed by atoms with Gasteiger partial charge in [0.2, 0.25) is 0 Å². The van der Waals surface area contributed by atoms with Gasteiger partial charge in [-0.3, -0.25) is 0 Å². The minimum Gasteiger partial charge on any atom is -0.497 e. The van der Waals surface area contributed by atoms with Crippen LogP contribution in [0.5, 0.6) is 5.75 Å². The van der Waals surface area contributed by atoms with Gasteiger partial charge in [0, 0.05) is 26.2 Å². The summed E-state index contributed by atoms with van der Waals surface area (Å²) in [5, 5.41) is 7.30. The normalized spacial score (nSPS) is 11.4. The van der Waals surface area contributed by atoms with Gasteiger partial charge < -0.3 is 19.5 Å². The number of ether oxygens (including phenoxy) is 1. The molecule has 0 spiro atoms. The SMILES string of the molecule is CCNC(=NCc1cc(CC)no1)N(C)Cc1ccc(OC)cc1. The first-order chi connectivity index (χ1) is 11.7. The number of hydrogen-bond acceptors (Lipinski definition) is 4. The summed E-state index contributed by atoms with van der Waals surface area (Å²) in [7, 11) is 3.69. The van der Waals surface area contributed by atoms with Crippen molar-refractivity contribution < 1.29 is 9.26 Å². The fourth-order valence-electron chi connectivity index (χ4n) is 2.30. The summed E-state index contributed by atoms with van der Waals surface area (Å²) >= 11 is 0. The van der Waals surface area contributed by atoms with Gasteiger partial charge >= 0.3 is 0 Å². The smallest absolute Gasteiger partial charge is 0.194 e. The van der Waals surface area contributed by atoms with Crippen LogP contribution in [0.4, 0.5) is 0 Å². The van der Waals surface area contributed by atoms with Crippen LogP contribution in [0.15, 0.2) is 39.8 Å². The van der Waals surface area contributed by atoms with E-state index in [2.05, 4.69) is 46.3 Å². The van der Waals surface area contributed by atoms with Gasteiger partial charge in [0.05, 0.1) is 12.8 Å². The second-order valence-corrected chi connectivity index (χ2v) is 5.51. The standard InChI is InChI=1S/C18H26N4O2/c1-5-15-11-17(24-21-15)12-20-18(19-6-2)22(3)13-14-7-9-16(23-4)10-8-14/h7-11H,5-6,12-13H2,1-4H3,(H,19,20). The Morgan fingerprint density at radius 2 is 2.04 bits per heavy atom. The Morgan fingerprint density at radius 1 is 1.29 bits per heavy atom. The molecule has 1 heterocycles. The highest BCUT2D eigenvalue weighted by Gasteiger charge is 2.08. The van der Waals surface area contributed by atoms with Crippen LogP contribution < -0.4 is 10.1 Å². The van der Waals surface area contributed by atoms with Gasteiger partial charge in [-0.25, -0.2) is 4.99 Å². The Morgan fingerprint density at radius 3 is 2.62 bits per heavy atom. The molecule has 0 radical (unpaired) electrons. The highest BCUT2D eigenvalue weighted by atomic mass is 16.5. The molecule has 130 valence electrons. The molecule has 0 aliphatic carbocycles. The molecule has 1 aromatic carbocycles. The van der Waals surface area contributed by atoms with Crippen molar-refractivity contribution >= 4 is 5.96 Å². The number of rotatable bonds is 7. The molecule has 0 aliphatic heterocycles. The van der Waals surface area contributed by atoms with Gasteiger partial charge in [-0.05, 0) is 31.0 Å². The molecule has 6 heteroatoms. The highest BCUT2D eigenvalue weighted by molar-refractivity contribution is 5.79. The van der Waals surface area contributed by atoms with E-state index < -0.39 is 0 Å². The van der Waals surface area contributed by atoms with E-state index in [-0.39, 0.29) is 0 Å². The van der Waals surface area contributed by atoms with E-state index in [0.717, 1.165) is 42.7 Å². The van der Waals surface area contributed by atoms with E-state index in [0.29, 0.717) is 6.54 Å². The number of benzene rings is 1. The van der Waals surface area contributed by atoms with E-state index in [1.807, 2.05) is 25.2 Å². The molecule has 0 aliphatic rings. The average Bonchev–Trinajstić information content (AvgIpc) is 3.07. The molecule has 0 amide bonds. The molecule has 1 aromatic heterocycles. The van der Waals surface area contributed by atoms with Crippen LogP contribution in [0.25, 0.3) is 0 Å². The third kappa shape index (κ3) is 5.01. The Hall–Kier alpha value is -2.50. The number of nitrogens with one attached hydrogen (secondary N) is 1. The van der Waals surface area contributed by atoms with E-state index in [4.69, 9.17) is 9.26 Å². The lowest BCUT2D eigenvalue weighted by atomic mass is 10.2. The molecule has 0 unspecified atom stereocenters. The van der Waals surface area contributed by atoms with E-state index in [9.17, 15) is 0 Å². The van der Waals surface area contributed by atoms with Gasteiger partial charge in [0.15, 0.2) is 11.7 Å². The lowest BCUT2D eigenvalue weighted by Crippen LogP contribution is -2.38. The predicted octanol–water partition coefficient (Wildman–Crippen LogP) is 2.84. The van der Waals surface area contributed by atoms with Gasteiger partial charge in [-0.1, -0.05) is 24.2 Å². The first kappa shape index (κ1) is 17.8. The van der Waals surface area contributed by atoms with E-state index in [1.165, 1.54) is 5.56 Å². The molecule has 0 saturated carbocycles. The molecule has 6 nitrogen and oxygen atoms in total. The maximum atomic E-state index is 5.29. The summed E-state index contributed by atoms with van der Waals surface area (Å²) in [4.78, 5) is 6.72. The van der Waals surface area contributed by atoms with Crippen molar-refractivity contribution in [3.05, 3.63) is 47.3 Å². The quantitative estimate of drug-likeness (QED) is 0.625. The molecule has 0 saturated heterocycles. The van der Waals surface area contributed by atoms with Crippen molar-refractivity contribution in [1.29, 1.82) is 0 Å². The minimum absolute atomic E-state index is 0.474. The van der Waals surface area contributed by atoms with Crippen LogP contribution in [-0.2, 0) is 19.5 Å². The van der Waals surface area contributed by atoms with Gasteiger partial charge in [-0.2, -0.15) is 0 Å². The third-order valence-corrected chi connectivity index (χ3v) is 3.63. The lowest BCUT2D eigenvalue weighted by molar-refractivity contribution is 0.378. The summed E-state index contributed by atoms with van der Waals surface area (Å²) < 4.78 is 10.5. The van der Waals surface area contributed by atoms with Crippen molar-refractivity contribution in [3.8, 4) is 5.75 Å². The lowest BCUT2D eigenvalue weighted by Gasteiger charge is -2.22. The van der Waals surface area contributed by atoms with Crippen molar-refractivity contribution in [1.82, 2.24) is 15.4 Å². The zero-order chi connectivity index (χ0) is 17.4. The number of hydrogen-bond donors (Lipinski definition) is 1. The van der Waals surface area contributed by atoms with Gasteiger partial charge in [0.25, 0.3) is 0 Å². The number of aliphatic imine (C=N–C) groups is 1. The van der Waals surface area contributed by atoms with Crippen molar-refractivity contribution in [2.24, 2.45) is 4.99 Å². The molecular formula is C18H26N4O2. The number of methoxy groups -OCH3 is 1. The molecular weight excluding hydrogens is 304 g/mol. The van der Waals surface area contributed by atoms with Crippen molar-refractivity contribution in [3.63, 3.8) is 0 Å². The summed E-state index contributed by atoms with van der Waals surface area (Å²) in [5.41, 5.74) is 2.15. The van der Waals surface area contributed by atoms with Crippen LogP contribution in [0.1, 0.15) is 30.9 Å². The molecule has 2 rings (SSSR count). The summed E-state index contributed by atoms with van der Waals surface area (Å²) in [5.74, 6) is 2.47. The largest absolute Gasteiger partial charge is 0.497 e. The summed E-state index contributed by atoms with van der Waals surface area (Å²) in [6, 6.07) is 10.0. The van der Waals surface area contributed by atoms with Crippen LogP contribution in [-0.4, -0.2) is 36.7 Å². The maximum Gasteiger partial charge on any atom is 0.194 e. The van der Waals surface area contributed by atoms with E-state index >= 15 is 0 Å². The summed E-state index contributed by atoms with van der Waals surface area (Å²) in [6.45, 7) is 6.15. The van der Waals surface area contributed by atoms with Crippen LogP contribution in [0.2, 0.25) is 0 Å². The topological polar surface area (TPSA) is 62.9 Å². The second-order valence-electron chi connectivity index (χ2n) is 5.51. The van der Waals surface area contributed by atoms with Crippen LogP contribution in [0.3, 0.4) is 0 Å². The first-order valence-corrected chi connectivity index (χ1v) is 8.23. The predicted molar refractivity (Wildman–Crippen MR) is 95.2 cm³/mol. The maximum absolute atomic E-state index is 5.29. The second kappa shape index (κ2) is 8.96. The average molecular weight is 330 g/mol. The van der Waals surface area contributed by atoms with Crippen LogP contribution >= 0.6 is 0 Å². The van der Waals surface area contributed by atoms with Crippen molar-refractivity contribution in [2.75, 3.05) is 20.7 Å². The number of nitrogens with zero attached hydrogens (tertiary/aromatic N) is 3. The molecule has 0 bridgehead atoms. The Labute approximate surface area is 143 Å². The monoisotopic (exact) mass is 330 g/mol. The Balaban J connectivity index is 2.02. The molecule has 1 N–H and O–H groups in total. The zero-order valence-electron chi connectivity index (χ0n) is 14.9. The van der Waals surface area contributed by atoms with Crippen LogP contribution in [0, 0.1) is 0 Å². The van der Waals surface area contributed by atoms with Gasteiger partial charge in [0.1, 0.15) is 12.3 Å². The Bertz CT molecular complexity index is 649. The van der Waals surface area contributed by atoms with E-state index in [1.54, 1.807) is 7.11 Å². The number of guanidine groups is 1. The highest BCUT2D eigenvalue weighted by Crippen LogP contribution is 2.13. The fraction of sp³-hybridized carbons (Fsp3) is 0.444. The third-order valence-electron chi connectivity index (χ3n) is 3.63. The zero-order valence-corrected chi connectivity index (χ0v) is 14.9. The molecule has 2 aromatic rings. The van der Waals surface area contributed by atoms with Gasteiger partial charge in [-0.15, -0.1) is 0 Å². The van der Waals surface area contributed by atoms with Crippen molar-refractivity contribution in [2.45, 2.75) is 33.4 Å². The molecule has 0 atom stereocenters. The molecule has 24 heavy (non-hydrogen) atoms. The Kier molecular flexibility index (Phi) is 6.66. The fourth-order valence-corrected chi connectivity index (χ4v) is 2.30. The first-order valence-electron chi connectivity index (χ1n) is 8.23. The number of aromatic nitrogens is 1. The summed E-state index contributed by atoms with van der Waals surface area (Å²) in [6.07, 6.45) is 0.866. The number of aryl methyl sites for hydroxylation is 1.